The fourth-order valence-electron chi connectivity index (χ4n) is 2.51. The number of hydrogen-bond donors (Lipinski definition) is 1. The first kappa shape index (κ1) is 11.0. The van der Waals surface area contributed by atoms with Crippen LogP contribution < -0.4 is 10.2 Å². The maximum atomic E-state index is 4.33. The van der Waals surface area contributed by atoms with Crippen LogP contribution in [0, 0.1) is 6.92 Å². The van der Waals surface area contributed by atoms with Gasteiger partial charge in [0.05, 0.1) is 5.69 Å². The Hall–Kier alpha value is -1.16. The Balaban J connectivity index is 1.72. The summed E-state index contributed by atoms with van der Waals surface area (Å²) in [6, 6.07) is 5.50. The summed E-state index contributed by atoms with van der Waals surface area (Å²) in [5, 5.41) is 12.1. The van der Waals surface area contributed by atoms with Crippen molar-refractivity contribution in [3.8, 4) is 0 Å². The first-order chi connectivity index (χ1) is 8.33. The molecule has 2 fully saturated rings. The number of anilines is 1. The van der Waals surface area contributed by atoms with Gasteiger partial charge in [0.1, 0.15) is 0 Å². The molecule has 0 radical (unpaired) electrons. The van der Waals surface area contributed by atoms with Gasteiger partial charge >= 0.3 is 0 Å². The summed E-state index contributed by atoms with van der Waals surface area (Å²) < 4.78 is 0. The SMILES string of the molecule is Cc1ccc(N(CC2CCCN2)C2CC2)nn1. The summed E-state index contributed by atoms with van der Waals surface area (Å²) in [5.41, 5.74) is 0.989. The Kier molecular flexibility index (Phi) is 2.97. The van der Waals surface area contributed by atoms with Gasteiger partial charge in [0.15, 0.2) is 5.82 Å². The molecule has 2 heterocycles. The van der Waals surface area contributed by atoms with Crippen LogP contribution in [0.1, 0.15) is 31.4 Å². The molecule has 0 spiro atoms. The normalized spacial score (nSPS) is 23.9. The lowest BCUT2D eigenvalue weighted by Crippen LogP contribution is -2.39. The van der Waals surface area contributed by atoms with Crippen molar-refractivity contribution >= 4 is 5.82 Å². The summed E-state index contributed by atoms with van der Waals surface area (Å²) in [6.07, 6.45) is 5.22. The zero-order valence-electron chi connectivity index (χ0n) is 10.4. The molecule has 92 valence electrons. The van der Waals surface area contributed by atoms with Crippen LogP contribution in [0.4, 0.5) is 5.82 Å². The molecule has 0 bridgehead atoms. The van der Waals surface area contributed by atoms with E-state index in [1.54, 1.807) is 0 Å². The molecule has 1 aromatic heterocycles. The van der Waals surface area contributed by atoms with E-state index in [1.807, 2.05) is 6.92 Å². The predicted octanol–water partition coefficient (Wildman–Crippen LogP) is 1.51. The molecule has 2 aliphatic rings. The third kappa shape index (κ3) is 2.57. The minimum atomic E-state index is 0.638. The Morgan fingerprint density at radius 2 is 2.18 bits per heavy atom. The highest BCUT2D eigenvalue weighted by atomic mass is 15.3. The molecule has 1 unspecified atom stereocenters. The molecule has 4 nitrogen and oxygen atoms in total. The second-order valence-corrected chi connectivity index (χ2v) is 5.21. The van der Waals surface area contributed by atoms with Crippen LogP contribution >= 0.6 is 0 Å². The molecule has 1 saturated heterocycles. The van der Waals surface area contributed by atoms with Crippen molar-refractivity contribution in [3.63, 3.8) is 0 Å². The van der Waals surface area contributed by atoms with Gasteiger partial charge in [0, 0.05) is 18.6 Å². The minimum Gasteiger partial charge on any atom is -0.351 e. The van der Waals surface area contributed by atoms with E-state index in [4.69, 9.17) is 0 Å². The summed E-state index contributed by atoms with van der Waals surface area (Å²) >= 11 is 0. The molecule has 0 amide bonds. The van der Waals surface area contributed by atoms with Crippen molar-refractivity contribution in [1.29, 1.82) is 0 Å². The van der Waals surface area contributed by atoms with Gasteiger partial charge in [-0.05, 0) is 51.3 Å². The maximum Gasteiger partial charge on any atom is 0.151 e. The van der Waals surface area contributed by atoms with Crippen LogP contribution in [0.25, 0.3) is 0 Å². The molecule has 1 aliphatic heterocycles. The molecular formula is C13H20N4. The molecule has 1 N–H and O–H groups in total. The Bertz CT molecular complexity index is 366. The van der Waals surface area contributed by atoms with E-state index < -0.39 is 0 Å². The number of aromatic nitrogens is 2. The number of nitrogens with zero attached hydrogens (tertiary/aromatic N) is 3. The van der Waals surface area contributed by atoms with Gasteiger partial charge in [0.2, 0.25) is 0 Å². The van der Waals surface area contributed by atoms with Crippen LogP contribution in [-0.4, -0.2) is 35.4 Å². The van der Waals surface area contributed by atoms with E-state index in [-0.39, 0.29) is 0 Å². The Morgan fingerprint density at radius 3 is 2.76 bits per heavy atom. The highest BCUT2D eigenvalue weighted by Gasteiger charge is 2.32. The summed E-state index contributed by atoms with van der Waals surface area (Å²) in [4.78, 5) is 2.44. The number of aryl methyl sites for hydroxylation is 1. The van der Waals surface area contributed by atoms with Gasteiger partial charge < -0.3 is 10.2 Å². The molecule has 17 heavy (non-hydrogen) atoms. The third-order valence-corrected chi connectivity index (χ3v) is 3.65. The van der Waals surface area contributed by atoms with Crippen molar-refractivity contribution in [2.45, 2.75) is 44.7 Å². The molecule has 1 atom stereocenters. The van der Waals surface area contributed by atoms with Crippen molar-refractivity contribution in [2.75, 3.05) is 18.0 Å². The summed E-state index contributed by atoms with van der Waals surface area (Å²) in [5.74, 6) is 1.05. The standard InChI is InChI=1S/C13H20N4/c1-10-4-7-13(16-15-10)17(12-5-6-12)9-11-3-2-8-14-11/h4,7,11-12,14H,2-3,5-6,8-9H2,1H3. The average molecular weight is 232 g/mol. The van der Waals surface area contributed by atoms with Crippen molar-refractivity contribution < 1.29 is 0 Å². The van der Waals surface area contributed by atoms with Gasteiger partial charge in [-0.15, -0.1) is 5.10 Å². The lowest BCUT2D eigenvalue weighted by Gasteiger charge is -2.26. The van der Waals surface area contributed by atoms with E-state index in [0.717, 1.165) is 18.1 Å². The quantitative estimate of drug-likeness (QED) is 0.854. The van der Waals surface area contributed by atoms with Crippen molar-refractivity contribution in [1.82, 2.24) is 15.5 Å². The van der Waals surface area contributed by atoms with E-state index in [9.17, 15) is 0 Å². The second-order valence-electron chi connectivity index (χ2n) is 5.21. The van der Waals surface area contributed by atoms with Gasteiger partial charge in [0.25, 0.3) is 0 Å². The largest absolute Gasteiger partial charge is 0.351 e. The summed E-state index contributed by atoms with van der Waals surface area (Å²) in [7, 11) is 0. The van der Waals surface area contributed by atoms with E-state index >= 15 is 0 Å². The zero-order valence-corrected chi connectivity index (χ0v) is 10.4. The van der Waals surface area contributed by atoms with E-state index in [1.165, 1.54) is 32.2 Å². The van der Waals surface area contributed by atoms with Crippen LogP contribution in [0.5, 0.6) is 0 Å². The fraction of sp³-hybridized carbons (Fsp3) is 0.692. The van der Waals surface area contributed by atoms with Crippen LogP contribution in [0.2, 0.25) is 0 Å². The topological polar surface area (TPSA) is 41.0 Å². The van der Waals surface area contributed by atoms with Crippen molar-refractivity contribution in [2.24, 2.45) is 0 Å². The number of hydrogen-bond acceptors (Lipinski definition) is 4. The lowest BCUT2D eigenvalue weighted by molar-refractivity contribution is 0.573. The predicted molar refractivity (Wildman–Crippen MR) is 68.2 cm³/mol. The molecule has 1 aliphatic carbocycles. The Morgan fingerprint density at radius 1 is 1.29 bits per heavy atom. The van der Waals surface area contributed by atoms with Crippen molar-refractivity contribution in [3.05, 3.63) is 17.8 Å². The first-order valence-corrected chi connectivity index (χ1v) is 6.63. The lowest BCUT2D eigenvalue weighted by atomic mass is 10.2. The summed E-state index contributed by atoms with van der Waals surface area (Å²) in [6.45, 7) is 4.24. The average Bonchev–Trinajstić information content (AvgIpc) is 3.05. The molecule has 1 aromatic rings. The smallest absolute Gasteiger partial charge is 0.151 e. The van der Waals surface area contributed by atoms with Gasteiger partial charge in [-0.1, -0.05) is 0 Å². The third-order valence-electron chi connectivity index (χ3n) is 3.65. The molecule has 3 rings (SSSR count). The molecule has 4 heteroatoms. The van der Waals surface area contributed by atoms with Crippen LogP contribution in [-0.2, 0) is 0 Å². The maximum absolute atomic E-state index is 4.33. The monoisotopic (exact) mass is 232 g/mol. The van der Waals surface area contributed by atoms with Crippen LogP contribution in [0.15, 0.2) is 12.1 Å². The highest BCUT2D eigenvalue weighted by Crippen LogP contribution is 2.31. The van der Waals surface area contributed by atoms with Gasteiger partial charge in [-0.3, -0.25) is 0 Å². The number of rotatable bonds is 4. The Labute approximate surface area is 102 Å². The molecular weight excluding hydrogens is 212 g/mol. The molecule has 0 aromatic carbocycles. The van der Waals surface area contributed by atoms with E-state index in [0.29, 0.717) is 12.1 Å². The zero-order chi connectivity index (χ0) is 11.7. The molecule has 1 saturated carbocycles. The fourth-order valence-corrected chi connectivity index (χ4v) is 2.51. The van der Waals surface area contributed by atoms with Crippen LogP contribution in [0.3, 0.4) is 0 Å². The highest BCUT2D eigenvalue weighted by molar-refractivity contribution is 5.40. The number of nitrogens with one attached hydrogen (secondary N) is 1. The first-order valence-electron chi connectivity index (χ1n) is 6.63. The second kappa shape index (κ2) is 4.61. The van der Waals surface area contributed by atoms with Gasteiger partial charge in [-0.2, -0.15) is 5.10 Å². The van der Waals surface area contributed by atoms with Gasteiger partial charge in [-0.25, -0.2) is 0 Å². The minimum absolute atomic E-state index is 0.638. The van der Waals surface area contributed by atoms with E-state index in [2.05, 4.69) is 32.5 Å².